The Kier molecular flexibility index (Phi) is 2.89. The average Bonchev–Trinajstić information content (AvgIpc) is 2.65. The molecule has 4 nitrogen and oxygen atoms in total. The highest BCUT2D eigenvalue weighted by Gasteiger charge is 2.32. The second-order valence-corrected chi connectivity index (χ2v) is 3.92. The summed E-state index contributed by atoms with van der Waals surface area (Å²) in [6.07, 6.45) is 0. The van der Waals surface area contributed by atoms with Gasteiger partial charge >= 0.3 is 5.97 Å². The summed E-state index contributed by atoms with van der Waals surface area (Å²) >= 11 is 1.26. The molecule has 14 heavy (non-hydrogen) atoms. The van der Waals surface area contributed by atoms with E-state index in [0.717, 1.165) is 0 Å². The third kappa shape index (κ3) is 1.76. The van der Waals surface area contributed by atoms with Gasteiger partial charge < -0.3 is 10.5 Å². The molecule has 0 aliphatic carbocycles. The van der Waals surface area contributed by atoms with Crippen LogP contribution >= 0.6 is 11.3 Å². The van der Waals surface area contributed by atoms with Crippen LogP contribution in [0.2, 0.25) is 0 Å². The molecule has 0 bridgehead atoms. The summed E-state index contributed by atoms with van der Waals surface area (Å²) in [5, 5.41) is 10.3. The topological polar surface area (TPSA) is 76.1 Å². The number of nitrogens with zero attached hydrogens (tertiary/aromatic N) is 1. The van der Waals surface area contributed by atoms with Gasteiger partial charge in [-0.15, -0.1) is 11.3 Å². The van der Waals surface area contributed by atoms with Crippen LogP contribution in [0.25, 0.3) is 0 Å². The summed E-state index contributed by atoms with van der Waals surface area (Å²) in [6, 6.07) is 3.59. The Hall–Kier alpha value is -1.38. The Morgan fingerprint density at radius 2 is 2.43 bits per heavy atom. The van der Waals surface area contributed by atoms with Gasteiger partial charge in [-0.25, -0.2) is 4.79 Å². The molecule has 0 fully saturated rings. The average molecular weight is 210 g/mol. The standard InChI is InChI=1S/C9H10N2O2S/c1-9(11,8(12)13-2)6-3-7(4-10)14-5-6/h3,5H,11H2,1-2H3/t9-/m0/s1. The number of hydrogen-bond donors (Lipinski definition) is 1. The Bertz CT molecular complexity index is 390. The summed E-state index contributed by atoms with van der Waals surface area (Å²) in [4.78, 5) is 11.8. The van der Waals surface area contributed by atoms with Gasteiger partial charge in [0.25, 0.3) is 0 Å². The normalized spacial score (nSPS) is 14.1. The van der Waals surface area contributed by atoms with E-state index in [9.17, 15) is 4.79 Å². The van der Waals surface area contributed by atoms with Crippen molar-refractivity contribution in [1.29, 1.82) is 5.26 Å². The summed E-state index contributed by atoms with van der Waals surface area (Å²) in [5.41, 5.74) is 5.21. The highest BCUT2D eigenvalue weighted by molar-refractivity contribution is 7.10. The molecule has 0 radical (unpaired) electrons. The maximum absolute atomic E-state index is 11.3. The van der Waals surface area contributed by atoms with Gasteiger partial charge in [-0.05, 0) is 23.9 Å². The Balaban J connectivity index is 3.04. The maximum atomic E-state index is 11.3. The number of carbonyl (C=O) groups is 1. The van der Waals surface area contributed by atoms with Gasteiger partial charge in [0.05, 0.1) is 7.11 Å². The smallest absolute Gasteiger partial charge is 0.330 e. The molecule has 1 aromatic heterocycles. The monoisotopic (exact) mass is 210 g/mol. The van der Waals surface area contributed by atoms with E-state index in [-0.39, 0.29) is 0 Å². The predicted octanol–water partition coefficient (Wildman–Crippen LogP) is 0.967. The van der Waals surface area contributed by atoms with Crippen LogP contribution in [0.1, 0.15) is 17.4 Å². The van der Waals surface area contributed by atoms with Gasteiger partial charge in [-0.1, -0.05) is 0 Å². The third-order valence-electron chi connectivity index (χ3n) is 1.92. The highest BCUT2D eigenvalue weighted by Crippen LogP contribution is 2.24. The number of hydrogen-bond acceptors (Lipinski definition) is 5. The Morgan fingerprint density at radius 3 is 2.86 bits per heavy atom. The first kappa shape index (κ1) is 10.7. The van der Waals surface area contributed by atoms with Crippen LogP contribution < -0.4 is 5.73 Å². The van der Waals surface area contributed by atoms with Crippen molar-refractivity contribution in [2.24, 2.45) is 5.73 Å². The lowest BCUT2D eigenvalue weighted by Crippen LogP contribution is -2.42. The summed E-state index contributed by atoms with van der Waals surface area (Å²) in [6.45, 7) is 1.56. The summed E-state index contributed by atoms with van der Waals surface area (Å²) in [5.74, 6) is -0.514. The minimum absolute atomic E-state index is 0.514. The van der Waals surface area contributed by atoms with Gasteiger partial charge in [0.2, 0.25) is 0 Å². The van der Waals surface area contributed by atoms with Crippen molar-refractivity contribution >= 4 is 17.3 Å². The number of methoxy groups -OCH3 is 1. The van der Waals surface area contributed by atoms with Gasteiger partial charge in [0.1, 0.15) is 16.5 Å². The van der Waals surface area contributed by atoms with Crippen LogP contribution in [0.3, 0.4) is 0 Å². The summed E-state index contributed by atoms with van der Waals surface area (Å²) in [7, 11) is 1.28. The zero-order valence-corrected chi connectivity index (χ0v) is 8.72. The number of esters is 1. The molecule has 74 valence electrons. The molecule has 1 aromatic rings. The van der Waals surface area contributed by atoms with Gasteiger partial charge in [-0.2, -0.15) is 5.26 Å². The van der Waals surface area contributed by atoms with E-state index in [1.54, 1.807) is 18.4 Å². The molecular weight excluding hydrogens is 200 g/mol. The number of carbonyl (C=O) groups excluding carboxylic acids is 1. The zero-order valence-electron chi connectivity index (χ0n) is 7.90. The fourth-order valence-corrected chi connectivity index (χ4v) is 1.81. The lowest BCUT2D eigenvalue weighted by Gasteiger charge is -2.19. The molecule has 0 saturated heterocycles. The molecule has 0 aliphatic heterocycles. The van der Waals surface area contributed by atoms with Gasteiger partial charge in [0, 0.05) is 0 Å². The third-order valence-corrected chi connectivity index (χ3v) is 2.75. The quantitative estimate of drug-likeness (QED) is 0.738. The molecule has 1 rings (SSSR count). The molecule has 1 atom stereocenters. The molecule has 0 amide bonds. The first-order chi connectivity index (χ1) is 6.52. The van der Waals surface area contributed by atoms with E-state index < -0.39 is 11.5 Å². The van der Waals surface area contributed by atoms with E-state index in [1.165, 1.54) is 18.4 Å². The Labute approximate surface area is 85.9 Å². The first-order valence-electron chi connectivity index (χ1n) is 3.88. The lowest BCUT2D eigenvalue weighted by atomic mass is 9.96. The van der Waals surface area contributed by atoms with Crippen LogP contribution in [-0.2, 0) is 15.1 Å². The van der Waals surface area contributed by atoms with E-state index in [4.69, 9.17) is 11.0 Å². The second kappa shape index (κ2) is 3.78. The van der Waals surface area contributed by atoms with Crippen molar-refractivity contribution in [3.05, 3.63) is 21.9 Å². The fourth-order valence-electron chi connectivity index (χ4n) is 0.997. The van der Waals surface area contributed by atoms with E-state index >= 15 is 0 Å². The van der Waals surface area contributed by atoms with E-state index in [1.807, 2.05) is 6.07 Å². The molecule has 0 spiro atoms. The molecule has 0 aliphatic rings. The molecule has 0 unspecified atom stereocenters. The number of ether oxygens (including phenoxy) is 1. The van der Waals surface area contributed by atoms with E-state index in [0.29, 0.717) is 10.4 Å². The number of thiophene rings is 1. The maximum Gasteiger partial charge on any atom is 0.330 e. The number of rotatable bonds is 2. The van der Waals surface area contributed by atoms with Crippen molar-refractivity contribution in [3.8, 4) is 6.07 Å². The van der Waals surface area contributed by atoms with Crippen LogP contribution in [-0.4, -0.2) is 13.1 Å². The predicted molar refractivity (Wildman–Crippen MR) is 52.6 cm³/mol. The molecule has 0 aromatic carbocycles. The number of nitriles is 1. The number of nitrogens with two attached hydrogens (primary N) is 1. The SMILES string of the molecule is COC(=O)[C@@](C)(N)c1csc(C#N)c1. The van der Waals surface area contributed by atoms with Crippen molar-refractivity contribution in [3.63, 3.8) is 0 Å². The summed E-state index contributed by atoms with van der Waals surface area (Å²) < 4.78 is 4.57. The van der Waals surface area contributed by atoms with Crippen LogP contribution in [0.5, 0.6) is 0 Å². The van der Waals surface area contributed by atoms with Crippen LogP contribution in [0.15, 0.2) is 11.4 Å². The van der Waals surface area contributed by atoms with E-state index in [2.05, 4.69) is 4.74 Å². The zero-order chi connectivity index (χ0) is 10.8. The minimum atomic E-state index is -1.18. The first-order valence-corrected chi connectivity index (χ1v) is 4.76. The van der Waals surface area contributed by atoms with Crippen molar-refractivity contribution in [2.75, 3.05) is 7.11 Å². The molecule has 5 heteroatoms. The minimum Gasteiger partial charge on any atom is -0.467 e. The molecule has 2 N–H and O–H groups in total. The van der Waals surface area contributed by atoms with Gasteiger partial charge in [-0.3, -0.25) is 0 Å². The highest BCUT2D eigenvalue weighted by atomic mass is 32.1. The molecule has 0 saturated carbocycles. The van der Waals surface area contributed by atoms with Crippen molar-refractivity contribution in [2.45, 2.75) is 12.5 Å². The van der Waals surface area contributed by atoms with Crippen molar-refractivity contribution < 1.29 is 9.53 Å². The lowest BCUT2D eigenvalue weighted by molar-refractivity contribution is -0.146. The van der Waals surface area contributed by atoms with Crippen molar-refractivity contribution in [1.82, 2.24) is 0 Å². The van der Waals surface area contributed by atoms with Crippen LogP contribution in [0, 0.1) is 11.3 Å². The largest absolute Gasteiger partial charge is 0.467 e. The molecular formula is C9H10N2O2S. The molecule has 1 heterocycles. The fraction of sp³-hybridized carbons (Fsp3) is 0.333. The Morgan fingerprint density at radius 1 is 1.79 bits per heavy atom. The second-order valence-electron chi connectivity index (χ2n) is 3.01. The van der Waals surface area contributed by atoms with Crippen LogP contribution in [0.4, 0.5) is 0 Å². The van der Waals surface area contributed by atoms with Gasteiger partial charge in [0.15, 0.2) is 0 Å².